The van der Waals surface area contributed by atoms with Crippen molar-refractivity contribution >= 4 is 5.91 Å². The fourth-order valence-corrected chi connectivity index (χ4v) is 2.36. The van der Waals surface area contributed by atoms with Crippen LogP contribution in [-0.2, 0) is 11.2 Å². The van der Waals surface area contributed by atoms with Gasteiger partial charge in [-0.2, -0.15) is 5.26 Å². The molecule has 24 heavy (non-hydrogen) atoms. The Morgan fingerprint density at radius 3 is 2.79 bits per heavy atom. The van der Waals surface area contributed by atoms with E-state index in [1.807, 2.05) is 13.0 Å². The second-order valence-electron chi connectivity index (χ2n) is 5.48. The first-order valence-electron chi connectivity index (χ1n) is 7.84. The van der Waals surface area contributed by atoms with Crippen molar-refractivity contribution in [3.05, 3.63) is 59.7 Å². The van der Waals surface area contributed by atoms with E-state index in [-0.39, 0.29) is 18.9 Å². The third-order valence-electron chi connectivity index (χ3n) is 3.60. The summed E-state index contributed by atoms with van der Waals surface area (Å²) in [6.07, 6.45) is 5.01. The molecule has 1 atom stereocenters. The zero-order valence-corrected chi connectivity index (χ0v) is 13.6. The van der Waals surface area contributed by atoms with Crippen molar-refractivity contribution in [2.24, 2.45) is 0 Å². The molecule has 0 aliphatic carbocycles. The molecule has 0 aromatic carbocycles. The minimum absolute atomic E-state index is 0.0775. The highest BCUT2D eigenvalue weighted by molar-refractivity contribution is 5.78. The van der Waals surface area contributed by atoms with E-state index in [1.54, 1.807) is 41.6 Å². The summed E-state index contributed by atoms with van der Waals surface area (Å²) in [4.78, 5) is 22.1. The van der Waals surface area contributed by atoms with Crippen molar-refractivity contribution in [3.63, 3.8) is 0 Å². The van der Waals surface area contributed by atoms with E-state index >= 15 is 0 Å². The maximum atomic E-state index is 12.5. The van der Waals surface area contributed by atoms with Crippen molar-refractivity contribution in [1.29, 1.82) is 5.26 Å². The predicted octanol–water partition coefficient (Wildman–Crippen LogP) is 1.86. The second kappa shape index (κ2) is 8.75. The van der Waals surface area contributed by atoms with E-state index < -0.39 is 6.10 Å². The van der Waals surface area contributed by atoms with Crippen LogP contribution in [0.2, 0.25) is 0 Å². The van der Waals surface area contributed by atoms with Crippen LogP contribution in [0.5, 0.6) is 0 Å². The maximum absolute atomic E-state index is 12.5. The minimum Gasteiger partial charge on any atom is -0.386 e. The largest absolute Gasteiger partial charge is 0.386 e. The zero-order chi connectivity index (χ0) is 17.4. The number of carbonyl (C=O) groups excluding carboxylic acids is 1. The summed E-state index contributed by atoms with van der Waals surface area (Å²) in [6.45, 7) is 2.78. The van der Waals surface area contributed by atoms with Crippen molar-refractivity contribution in [2.75, 3.05) is 13.1 Å². The molecule has 0 radical (unpaired) electrons. The Balaban J connectivity index is 2.02. The molecule has 0 spiro atoms. The van der Waals surface area contributed by atoms with Gasteiger partial charge in [0, 0.05) is 30.7 Å². The molecule has 2 aromatic rings. The SMILES string of the molecule is CCCN(C[C@@H](O)c1cccnc1)C(=O)Cc1ccc(C#N)nc1. The van der Waals surface area contributed by atoms with Gasteiger partial charge in [-0.3, -0.25) is 9.78 Å². The number of amides is 1. The van der Waals surface area contributed by atoms with Gasteiger partial charge in [0.25, 0.3) is 0 Å². The number of aliphatic hydroxyl groups excluding tert-OH is 1. The van der Waals surface area contributed by atoms with E-state index in [4.69, 9.17) is 5.26 Å². The smallest absolute Gasteiger partial charge is 0.227 e. The van der Waals surface area contributed by atoms with Gasteiger partial charge in [-0.1, -0.05) is 19.1 Å². The number of hydrogen-bond donors (Lipinski definition) is 1. The molecule has 1 amide bonds. The summed E-state index contributed by atoms with van der Waals surface area (Å²) in [5.41, 5.74) is 1.76. The highest BCUT2D eigenvalue weighted by Crippen LogP contribution is 2.14. The first kappa shape index (κ1) is 17.6. The van der Waals surface area contributed by atoms with Crippen LogP contribution in [0.15, 0.2) is 42.9 Å². The van der Waals surface area contributed by atoms with Crippen LogP contribution in [0.3, 0.4) is 0 Å². The number of hydrogen-bond acceptors (Lipinski definition) is 5. The molecule has 124 valence electrons. The van der Waals surface area contributed by atoms with E-state index in [0.717, 1.165) is 12.0 Å². The van der Waals surface area contributed by atoms with E-state index in [2.05, 4.69) is 9.97 Å². The van der Waals surface area contributed by atoms with Crippen LogP contribution < -0.4 is 0 Å². The first-order valence-corrected chi connectivity index (χ1v) is 7.84. The molecule has 0 unspecified atom stereocenters. The number of pyridine rings is 2. The summed E-state index contributed by atoms with van der Waals surface area (Å²) in [6, 6.07) is 8.82. The molecule has 0 bridgehead atoms. The Bertz CT molecular complexity index is 695. The molecule has 0 aliphatic rings. The zero-order valence-electron chi connectivity index (χ0n) is 13.6. The molecule has 2 rings (SSSR count). The normalized spacial score (nSPS) is 11.5. The number of carbonyl (C=O) groups is 1. The average Bonchev–Trinajstić information content (AvgIpc) is 2.62. The summed E-state index contributed by atoms with van der Waals surface area (Å²) in [5, 5.41) is 19.1. The number of aliphatic hydroxyl groups is 1. The van der Waals surface area contributed by atoms with Crippen molar-refractivity contribution in [1.82, 2.24) is 14.9 Å². The minimum atomic E-state index is -0.770. The van der Waals surface area contributed by atoms with Crippen LogP contribution >= 0.6 is 0 Å². The van der Waals surface area contributed by atoms with Crippen molar-refractivity contribution in [2.45, 2.75) is 25.9 Å². The third kappa shape index (κ3) is 4.86. The Hall–Kier alpha value is -2.78. The van der Waals surface area contributed by atoms with Gasteiger partial charge in [0.15, 0.2) is 0 Å². The maximum Gasteiger partial charge on any atom is 0.227 e. The van der Waals surface area contributed by atoms with Crippen LogP contribution in [0.25, 0.3) is 0 Å². The Morgan fingerprint density at radius 1 is 1.38 bits per heavy atom. The van der Waals surface area contributed by atoms with E-state index in [9.17, 15) is 9.90 Å². The number of nitriles is 1. The van der Waals surface area contributed by atoms with Gasteiger partial charge < -0.3 is 10.0 Å². The predicted molar refractivity (Wildman–Crippen MR) is 88.7 cm³/mol. The summed E-state index contributed by atoms with van der Waals surface area (Å²) in [7, 11) is 0. The lowest BCUT2D eigenvalue weighted by Gasteiger charge is -2.25. The highest BCUT2D eigenvalue weighted by Gasteiger charge is 2.18. The molecule has 1 N–H and O–H groups in total. The third-order valence-corrected chi connectivity index (χ3v) is 3.60. The second-order valence-corrected chi connectivity index (χ2v) is 5.48. The lowest BCUT2D eigenvalue weighted by molar-refractivity contribution is -0.132. The van der Waals surface area contributed by atoms with E-state index in [0.29, 0.717) is 17.8 Å². The molecule has 0 saturated carbocycles. The highest BCUT2D eigenvalue weighted by atomic mass is 16.3. The fourth-order valence-electron chi connectivity index (χ4n) is 2.36. The van der Waals surface area contributed by atoms with Crippen molar-refractivity contribution in [3.8, 4) is 6.07 Å². The average molecular weight is 324 g/mol. The van der Waals surface area contributed by atoms with Gasteiger partial charge in [-0.15, -0.1) is 0 Å². The molecular weight excluding hydrogens is 304 g/mol. The van der Waals surface area contributed by atoms with Gasteiger partial charge in [0.05, 0.1) is 19.1 Å². The molecule has 6 heteroatoms. The van der Waals surface area contributed by atoms with Crippen LogP contribution in [-0.4, -0.2) is 39.0 Å². The van der Waals surface area contributed by atoms with Gasteiger partial charge in [0.1, 0.15) is 11.8 Å². The molecule has 2 heterocycles. The quantitative estimate of drug-likeness (QED) is 0.839. The molecule has 0 fully saturated rings. The standard InChI is InChI=1S/C18H20N4O2/c1-2-8-22(13-17(23)15-4-3-7-20-12-15)18(24)9-14-5-6-16(10-19)21-11-14/h3-7,11-12,17,23H,2,8-9,13H2,1H3/t17-/m1/s1. The van der Waals surface area contributed by atoms with E-state index in [1.165, 1.54) is 6.20 Å². The number of aromatic nitrogens is 2. The monoisotopic (exact) mass is 324 g/mol. The Kier molecular flexibility index (Phi) is 6.41. The number of rotatable bonds is 7. The van der Waals surface area contributed by atoms with Crippen LogP contribution in [0, 0.1) is 11.3 Å². The van der Waals surface area contributed by atoms with Crippen LogP contribution in [0.1, 0.15) is 36.3 Å². The summed E-state index contributed by atoms with van der Waals surface area (Å²) in [5.74, 6) is -0.0775. The molecular formula is C18H20N4O2. The van der Waals surface area contributed by atoms with Gasteiger partial charge in [-0.25, -0.2) is 4.98 Å². The van der Waals surface area contributed by atoms with Crippen molar-refractivity contribution < 1.29 is 9.90 Å². The number of nitrogens with zero attached hydrogens (tertiary/aromatic N) is 4. The molecule has 6 nitrogen and oxygen atoms in total. The Labute approximate surface area is 141 Å². The lowest BCUT2D eigenvalue weighted by atomic mass is 10.1. The van der Waals surface area contributed by atoms with Gasteiger partial charge in [-0.05, 0) is 24.1 Å². The molecule has 0 saturated heterocycles. The molecule has 2 aromatic heterocycles. The molecule has 0 aliphatic heterocycles. The van der Waals surface area contributed by atoms with Crippen LogP contribution in [0.4, 0.5) is 0 Å². The summed E-state index contributed by atoms with van der Waals surface area (Å²) < 4.78 is 0. The van der Waals surface area contributed by atoms with Gasteiger partial charge in [0.2, 0.25) is 5.91 Å². The van der Waals surface area contributed by atoms with Gasteiger partial charge >= 0.3 is 0 Å². The first-order chi connectivity index (χ1) is 11.6. The fraction of sp³-hybridized carbons (Fsp3) is 0.333. The Morgan fingerprint density at radius 2 is 2.21 bits per heavy atom. The topological polar surface area (TPSA) is 90.1 Å². The lowest BCUT2D eigenvalue weighted by Crippen LogP contribution is -2.36. The summed E-state index contributed by atoms with van der Waals surface area (Å²) >= 11 is 0.